The van der Waals surface area contributed by atoms with Crippen LogP contribution in [0, 0.1) is 0 Å². The van der Waals surface area contributed by atoms with E-state index < -0.39 is 0 Å². The molecule has 0 atom stereocenters. The molecule has 0 unspecified atom stereocenters. The monoisotopic (exact) mass is 384 g/mol. The molecule has 0 aliphatic rings. The van der Waals surface area contributed by atoms with E-state index in [9.17, 15) is 0 Å². The van der Waals surface area contributed by atoms with Gasteiger partial charge in [-0.3, -0.25) is 0 Å². The van der Waals surface area contributed by atoms with Gasteiger partial charge < -0.3 is 4.65 Å². The highest BCUT2D eigenvalue weighted by atomic mass is 32.1. The number of hydrogen-bond donors (Lipinski definition) is 0. The molecule has 4 rings (SSSR count). The van der Waals surface area contributed by atoms with Gasteiger partial charge in [0.15, 0.2) is 0 Å². The van der Waals surface area contributed by atoms with Gasteiger partial charge >= 0.3 is 7.48 Å². The van der Waals surface area contributed by atoms with E-state index in [0.29, 0.717) is 7.48 Å². The first-order valence-electron chi connectivity index (χ1n) is 9.89. The van der Waals surface area contributed by atoms with Gasteiger partial charge in [-0.25, -0.2) is 0 Å². The molecular weight excluding hydrogens is 358 g/mol. The molecule has 28 heavy (non-hydrogen) atoms. The van der Waals surface area contributed by atoms with Crippen molar-refractivity contribution in [3.63, 3.8) is 0 Å². The highest BCUT2D eigenvalue weighted by Gasteiger charge is 2.33. The lowest BCUT2D eigenvalue weighted by molar-refractivity contribution is 0.0767. The lowest BCUT2D eigenvalue weighted by atomic mass is 9.61. The van der Waals surface area contributed by atoms with Crippen molar-refractivity contribution in [3.8, 4) is 11.1 Å². The van der Waals surface area contributed by atoms with Crippen LogP contribution in [0.3, 0.4) is 0 Å². The molecule has 0 aliphatic carbocycles. The third-order valence-electron chi connectivity index (χ3n) is 6.07. The first kappa shape index (κ1) is 19.3. The average molecular weight is 384 g/mol. The number of rotatable bonds is 5. The first-order valence-corrected chi connectivity index (χ1v) is 10.7. The molecule has 0 N–H and O–H groups in total. The highest BCUT2D eigenvalue weighted by Crippen LogP contribution is 2.37. The second kappa shape index (κ2) is 7.09. The molecule has 4 aromatic rings. The zero-order valence-corrected chi connectivity index (χ0v) is 18.2. The molecule has 1 nitrogen and oxygen atoms in total. The lowest BCUT2D eigenvalue weighted by Gasteiger charge is -2.39. The van der Waals surface area contributed by atoms with Crippen LogP contribution in [0.2, 0.25) is 5.31 Å². The predicted molar refractivity (Wildman–Crippen MR) is 129 cm³/mol. The van der Waals surface area contributed by atoms with Gasteiger partial charge in [0, 0.05) is 25.8 Å². The summed E-state index contributed by atoms with van der Waals surface area (Å²) in [6, 6.07) is 24.2. The van der Waals surface area contributed by atoms with Crippen molar-refractivity contribution in [1.82, 2.24) is 0 Å². The second-order valence-corrected chi connectivity index (χ2v) is 10.1. The largest absolute Gasteiger partial charge is 0.430 e. The molecule has 0 saturated carbocycles. The van der Waals surface area contributed by atoms with E-state index >= 15 is 0 Å². The van der Waals surface area contributed by atoms with Crippen LogP contribution in [0.4, 0.5) is 0 Å². The van der Waals surface area contributed by atoms with Gasteiger partial charge in [-0.05, 0) is 48.5 Å². The van der Waals surface area contributed by atoms with Crippen LogP contribution >= 0.6 is 11.3 Å². The van der Waals surface area contributed by atoms with Gasteiger partial charge in [-0.2, -0.15) is 0 Å². The molecular formula is C24H26B2OS. The Morgan fingerprint density at radius 1 is 0.786 bits per heavy atom. The zero-order valence-electron chi connectivity index (χ0n) is 17.4. The van der Waals surface area contributed by atoms with Crippen molar-refractivity contribution >= 4 is 52.3 Å². The summed E-state index contributed by atoms with van der Waals surface area (Å²) >= 11 is 1.86. The van der Waals surface area contributed by atoms with Crippen molar-refractivity contribution in [1.29, 1.82) is 0 Å². The molecule has 0 amide bonds. The quantitative estimate of drug-likeness (QED) is 0.423. The minimum atomic E-state index is -0.170. The molecule has 1 aromatic heterocycles. The van der Waals surface area contributed by atoms with E-state index in [4.69, 9.17) is 4.65 Å². The molecule has 0 fully saturated rings. The van der Waals surface area contributed by atoms with Crippen LogP contribution in [0.15, 0.2) is 66.7 Å². The van der Waals surface area contributed by atoms with Crippen molar-refractivity contribution in [3.05, 3.63) is 66.7 Å². The molecule has 0 radical (unpaired) electrons. The van der Waals surface area contributed by atoms with Crippen LogP contribution in [0.1, 0.15) is 27.7 Å². The van der Waals surface area contributed by atoms with Crippen molar-refractivity contribution in [2.24, 2.45) is 0 Å². The molecule has 3 aromatic carbocycles. The Balaban J connectivity index is 1.58. The Kier molecular flexibility index (Phi) is 4.89. The fourth-order valence-electron chi connectivity index (χ4n) is 3.18. The van der Waals surface area contributed by atoms with E-state index in [0.717, 1.165) is 0 Å². The number of thiophene rings is 1. The van der Waals surface area contributed by atoms with Crippen molar-refractivity contribution < 1.29 is 4.65 Å². The van der Waals surface area contributed by atoms with Crippen molar-refractivity contribution in [2.45, 2.75) is 38.6 Å². The number of benzene rings is 3. The minimum Gasteiger partial charge on any atom is -0.430 e. The minimum absolute atomic E-state index is 0.103. The third kappa shape index (κ3) is 3.64. The second-order valence-electron chi connectivity index (χ2n) is 9.06. The fourth-order valence-corrected chi connectivity index (χ4v) is 4.27. The summed E-state index contributed by atoms with van der Waals surface area (Å²) in [6.07, 6.45) is 0. The predicted octanol–water partition coefficient (Wildman–Crippen LogP) is 5.33. The van der Waals surface area contributed by atoms with Gasteiger partial charge in [-0.1, -0.05) is 67.8 Å². The summed E-state index contributed by atoms with van der Waals surface area (Å²) in [5, 5.41) is 2.79. The summed E-state index contributed by atoms with van der Waals surface area (Å²) in [5.74, 6) is 0. The van der Waals surface area contributed by atoms with Gasteiger partial charge in [0.2, 0.25) is 0 Å². The molecule has 0 bridgehead atoms. The highest BCUT2D eigenvalue weighted by molar-refractivity contribution is 7.25. The number of fused-ring (bicyclic) bond motifs is 3. The number of hydrogen-bond acceptors (Lipinski definition) is 2. The molecule has 4 heteroatoms. The Morgan fingerprint density at radius 2 is 1.43 bits per heavy atom. The van der Waals surface area contributed by atoms with Gasteiger partial charge in [0.1, 0.15) is 7.85 Å². The maximum absolute atomic E-state index is 6.22. The van der Waals surface area contributed by atoms with Crippen molar-refractivity contribution in [2.75, 3.05) is 0 Å². The Hall–Kier alpha value is -2.03. The van der Waals surface area contributed by atoms with E-state index in [-0.39, 0.29) is 10.9 Å². The van der Waals surface area contributed by atoms with E-state index in [1.165, 1.54) is 36.8 Å². The van der Waals surface area contributed by atoms with E-state index in [1.807, 2.05) is 11.3 Å². The zero-order chi connectivity index (χ0) is 19.9. The van der Waals surface area contributed by atoms with Gasteiger partial charge in [0.25, 0.3) is 0 Å². The Labute approximate surface area is 173 Å². The van der Waals surface area contributed by atoms with Crippen LogP contribution in [-0.2, 0) is 4.65 Å². The topological polar surface area (TPSA) is 9.23 Å². The smallest absolute Gasteiger partial charge is 0.309 e. The molecule has 1 heterocycles. The van der Waals surface area contributed by atoms with E-state index in [2.05, 4.69) is 102 Å². The standard InChI is InChI=1S/C24H26B2OS/c1-23(2,25)24(3,4)27-26-18-12-9-16(10-13-18)17-11-14-22-20(15-17)19-7-5-6-8-21(19)28-22/h5-15,26H,25H2,1-4H3. The summed E-state index contributed by atoms with van der Waals surface area (Å²) in [6.45, 7) is 8.78. The Bertz CT molecular complexity index is 1120. The summed E-state index contributed by atoms with van der Waals surface area (Å²) in [7, 11) is 2.86. The molecule has 140 valence electrons. The summed E-state index contributed by atoms with van der Waals surface area (Å²) in [5.41, 5.74) is 3.55. The molecule has 0 aliphatic heterocycles. The van der Waals surface area contributed by atoms with E-state index in [1.54, 1.807) is 0 Å². The van der Waals surface area contributed by atoms with Crippen LogP contribution in [-0.4, -0.2) is 20.9 Å². The van der Waals surface area contributed by atoms with Gasteiger partial charge in [-0.15, -0.1) is 11.3 Å². The lowest BCUT2D eigenvalue weighted by Crippen LogP contribution is -2.40. The van der Waals surface area contributed by atoms with Gasteiger partial charge in [0.05, 0.1) is 0 Å². The summed E-state index contributed by atoms with van der Waals surface area (Å²) < 4.78 is 8.92. The maximum atomic E-state index is 6.22. The SMILES string of the molecule is BC(C)(C)C(C)(C)OBc1ccc(-c2ccc3sc4ccccc4c3c2)cc1. The molecule has 0 spiro atoms. The third-order valence-corrected chi connectivity index (χ3v) is 7.22. The van der Waals surface area contributed by atoms with Crippen LogP contribution < -0.4 is 5.46 Å². The van der Waals surface area contributed by atoms with Crippen LogP contribution in [0.25, 0.3) is 31.3 Å². The first-order chi connectivity index (χ1) is 13.2. The maximum Gasteiger partial charge on any atom is 0.309 e. The normalized spacial score (nSPS) is 12.6. The molecule has 0 saturated heterocycles. The average Bonchev–Trinajstić information content (AvgIpc) is 3.04. The fraction of sp³-hybridized carbons (Fsp3) is 0.250. The Morgan fingerprint density at radius 3 is 2.14 bits per heavy atom. The summed E-state index contributed by atoms with van der Waals surface area (Å²) in [4.78, 5) is 0. The van der Waals surface area contributed by atoms with Crippen LogP contribution in [0.5, 0.6) is 0 Å².